The van der Waals surface area contributed by atoms with Gasteiger partial charge >= 0.3 is 0 Å². The Kier molecular flexibility index (Phi) is 3.47. The second kappa shape index (κ2) is 4.87. The van der Waals surface area contributed by atoms with E-state index in [1.165, 1.54) is 11.3 Å². The second-order valence-electron chi connectivity index (χ2n) is 4.38. The van der Waals surface area contributed by atoms with Crippen LogP contribution in [0.25, 0.3) is 0 Å². The van der Waals surface area contributed by atoms with Crippen molar-refractivity contribution in [3.8, 4) is 0 Å². The summed E-state index contributed by atoms with van der Waals surface area (Å²) in [6, 6.07) is 3.86. The number of hydrogen-bond acceptors (Lipinski definition) is 3. The van der Waals surface area contributed by atoms with Crippen LogP contribution in [0.1, 0.15) is 23.5 Å². The van der Waals surface area contributed by atoms with Crippen LogP contribution in [0.3, 0.4) is 0 Å². The Hall–Kier alpha value is -1.36. The highest BCUT2D eigenvalue weighted by Gasteiger charge is 2.29. The zero-order valence-electron chi connectivity index (χ0n) is 10.0. The molecule has 0 aliphatic carbocycles. The van der Waals surface area contributed by atoms with Crippen LogP contribution in [0.15, 0.2) is 17.5 Å². The summed E-state index contributed by atoms with van der Waals surface area (Å²) in [5, 5.41) is 1.87. The van der Waals surface area contributed by atoms with Crippen molar-refractivity contribution in [3.63, 3.8) is 0 Å². The molecule has 0 unspecified atom stereocenters. The lowest BCUT2D eigenvalue weighted by molar-refractivity contribution is -0.136. The molecule has 1 aromatic heterocycles. The largest absolute Gasteiger partial charge is 0.337 e. The molecular weight excluding hydrogens is 236 g/mol. The van der Waals surface area contributed by atoms with Gasteiger partial charge < -0.3 is 9.80 Å². The van der Waals surface area contributed by atoms with Gasteiger partial charge in [-0.2, -0.15) is 0 Å². The van der Waals surface area contributed by atoms with Crippen LogP contribution in [0.2, 0.25) is 0 Å². The molecule has 0 aromatic carbocycles. The second-order valence-corrected chi connectivity index (χ2v) is 5.33. The monoisotopic (exact) mass is 252 g/mol. The predicted octanol–water partition coefficient (Wildman–Crippen LogP) is 1.44. The van der Waals surface area contributed by atoms with Crippen LogP contribution in [0, 0.1) is 0 Å². The van der Waals surface area contributed by atoms with E-state index in [-0.39, 0.29) is 24.4 Å². The van der Waals surface area contributed by atoms with Crippen molar-refractivity contribution in [3.05, 3.63) is 22.4 Å². The fourth-order valence-electron chi connectivity index (χ4n) is 1.96. The molecule has 5 heteroatoms. The van der Waals surface area contributed by atoms with Crippen molar-refractivity contribution >= 4 is 23.2 Å². The first kappa shape index (κ1) is 12.1. The molecule has 2 rings (SSSR count). The molecule has 2 heterocycles. The summed E-state index contributed by atoms with van der Waals surface area (Å²) in [4.78, 5) is 28.1. The van der Waals surface area contributed by atoms with Gasteiger partial charge in [-0.25, -0.2) is 0 Å². The Labute approximate surface area is 105 Å². The number of carbonyl (C=O) groups excluding carboxylic acids is 2. The quantitative estimate of drug-likeness (QED) is 0.799. The summed E-state index contributed by atoms with van der Waals surface area (Å²) in [6.45, 7) is 5.45. The third kappa shape index (κ3) is 2.49. The Morgan fingerprint density at radius 2 is 2.18 bits per heavy atom. The van der Waals surface area contributed by atoms with Crippen LogP contribution in [0.5, 0.6) is 0 Å². The molecule has 0 radical (unpaired) electrons. The molecule has 0 spiro atoms. The van der Waals surface area contributed by atoms with Crippen LogP contribution < -0.4 is 0 Å². The number of amides is 2. The molecule has 1 aromatic rings. The van der Waals surface area contributed by atoms with Gasteiger partial charge in [0.25, 0.3) is 5.91 Å². The van der Waals surface area contributed by atoms with Gasteiger partial charge in [0, 0.05) is 19.1 Å². The molecule has 1 aliphatic heterocycles. The first-order valence-electron chi connectivity index (χ1n) is 5.72. The molecule has 4 nitrogen and oxygen atoms in total. The normalized spacial score (nSPS) is 16.8. The molecule has 17 heavy (non-hydrogen) atoms. The Bertz CT molecular complexity index is 414. The molecule has 0 saturated carbocycles. The SMILES string of the molecule is CC(C)N1CCN(C(=O)c2cccs2)CC1=O. The third-order valence-electron chi connectivity index (χ3n) is 2.90. The van der Waals surface area contributed by atoms with Crippen molar-refractivity contribution in [2.75, 3.05) is 19.6 Å². The van der Waals surface area contributed by atoms with E-state index in [9.17, 15) is 9.59 Å². The summed E-state index contributed by atoms with van der Waals surface area (Å²) < 4.78 is 0. The third-order valence-corrected chi connectivity index (χ3v) is 3.76. The minimum Gasteiger partial charge on any atom is -0.337 e. The fourth-order valence-corrected chi connectivity index (χ4v) is 2.65. The number of piperazine rings is 1. The average molecular weight is 252 g/mol. The van der Waals surface area contributed by atoms with E-state index in [1.807, 2.05) is 30.2 Å². The van der Waals surface area contributed by atoms with Crippen LogP contribution in [-0.4, -0.2) is 47.3 Å². The maximum absolute atomic E-state index is 12.0. The molecule has 1 saturated heterocycles. The molecular formula is C12H16N2O2S. The van der Waals surface area contributed by atoms with Gasteiger partial charge in [-0.05, 0) is 25.3 Å². The van der Waals surface area contributed by atoms with Crippen molar-refractivity contribution in [2.45, 2.75) is 19.9 Å². The van der Waals surface area contributed by atoms with E-state index in [4.69, 9.17) is 0 Å². The van der Waals surface area contributed by atoms with Crippen LogP contribution in [0.4, 0.5) is 0 Å². The lowest BCUT2D eigenvalue weighted by Gasteiger charge is -2.36. The number of rotatable bonds is 2. The van der Waals surface area contributed by atoms with Crippen molar-refractivity contribution < 1.29 is 9.59 Å². The maximum Gasteiger partial charge on any atom is 0.264 e. The van der Waals surface area contributed by atoms with Crippen LogP contribution in [-0.2, 0) is 4.79 Å². The minimum absolute atomic E-state index is 0.0308. The fraction of sp³-hybridized carbons (Fsp3) is 0.500. The van der Waals surface area contributed by atoms with Crippen molar-refractivity contribution in [1.29, 1.82) is 0 Å². The molecule has 1 aliphatic rings. The molecule has 0 atom stereocenters. The highest BCUT2D eigenvalue weighted by molar-refractivity contribution is 7.12. The summed E-state index contributed by atoms with van der Waals surface area (Å²) >= 11 is 1.42. The minimum atomic E-state index is -0.0308. The summed E-state index contributed by atoms with van der Waals surface area (Å²) in [5.74, 6) is 0.00733. The highest BCUT2D eigenvalue weighted by Crippen LogP contribution is 2.15. The summed E-state index contributed by atoms with van der Waals surface area (Å²) in [7, 11) is 0. The van der Waals surface area contributed by atoms with E-state index in [2.05, 4.69) is 0 Å². The zero-order chi connectivity index (χ0) is 12.4. The summed E-state index contributed by atoms with van der Waals surface area (Å²) in [6.07, 6.45) is 0. The van der Waals surface area contributed by atoms with Crippen molar-refractivity contribution in [2.24, 2.45) is 0 Å². The highest BCUT2D eigenvalue weighted by atomic mass is 32.1. The van der Waals surface area contributed by atoms with Gasteiger partial charge in [-0.3, -0.25) is 9.59 Å². The number of hydrogen-bond donors (Lipinski definition) is 0. The first-order chi connectivity index (χ1) is 8.09. The Morgan fingerprint density at radius 3 is 2.71 bits per heavy atom. The van der Waals surface area contributed by atoms with Gasteiger partial charge in [-0.15, -0.1) is 11.3 Å². The van der Waals surface area contributed by atoms with Gasteiger partial charge in [0.15, 0.2) is 0 Å². The first-order valence-corrected chi connectivity index (χ1v) is 6.60. The molecule has 2 amide bonds. The standard InChI is InChI=1S/C12H16N2O2S/c1-9(2)14-6-5-13(8-11(14)15)12(16)10-4-3-7-17-10/h3-4,7,9H,5-6,8H2,1-2H3. The number of nitrogens with zero attached hydrogens (tertiary/aromatic N) is 2. The van der Waals surface area contributed by atoms with E-state index < -0.39 is 0 Å². The van der Waals surface area contributed by atoms with E-state index >= 15 is 0 Å². The van der Waals surface area contributed by atoms with Gasteiger partial charge in [0.05, 0.1) is 4.88 Å². The van der Waals surface area contributed by atoms with E-state index in [0.717, 1.165) is 0 Å². The Balaban J connectivity index is 2.03. The maximum atomic E-state index is 12.0. The number of thiophene rings is 1. The van der Waals surface area contributed by atoms with Gasteiger partial charge in [-0.1, -0.05) is 6.07 Å². The average Bonchev–Trinajstić information content (AvgIpc) is 2.80. The van der Waals surface area contributed by atoms with Crippen molar-refractivity contribution in [1.82, 2.24) is 9.80 Å². The molecule has 0 N–H and O–H groups in total. The lowest BCUT2D eigenvalue weighted by atomic mass is 10.2. The number of carbonyl (C=O) groups is 2. The van der Waals surface area contributed by atoms with E-state index in [1.54, 1.807) is 11.0 Å². The summed E-state index contributed by atoms with van der Waals surface area (Å²) in [5.41, 5.74) is 0. The zero-order valence-corrected chi connectivity index (χ0v) is 10.9. The Morgan fingerprint density at radius 1 is 1.41 bits per heavy atom. The van der Waals surface area contributed by atoms with Gasteiger partial charge in [0.1, 0.15) is 6.54 Å². The smallest absolute Gasteiger partial charge is 0.264 e. The molecule has 92 valence electrons. The molecule has 0 bridgehead atoms. The lowest BCUT2D eigenvalue weighted by Crippen LogP contribution is -2.54. The van der Waals surface area contributed by atoms with Crippen LogP contribution >= 0.6 is 11.3 Å². The van der Waals surface area contributed by atoms with Gasteiger partial charge in [0.2, 0.25) is 5.91 Å². The predicted molar refractivity (Wildman–Crippen MR) is 67.1 cm³/mol. The molecule has 1 fully saturated rings. The topological polar surface area (TPSA) is 40.6 Å². The van der Waals surface area contributed by atoms with E-state index in [0.29, 0.717) is 18.0 Å².